The van der Waals surface area contributed by atoms with Crippen molar-refractivity contribution in [2.45, 2.75) is 6.17 Å². The topological polar surface area (TPSA) is 50.1 Å². The van der Waals surface area contributed by atoms with Gasteiger partial charge in [-0.2, -0.15) is 0 Å². The van der Waals surface area contributed by atoms with E-state index in [0.29, 0.717) is 0 Å². The molecule has 2 aromatic carbocycles. The SMILES string of the molecule is Nc1ccc(C2Nc3ccccc3N2)cc1. The zero-order valence-electron chi connectivity index (χ0n) is 8.77. The van der Waals surface area contributed by atoms with Crippen LogP contribution >= 0.6 is 0 Å². The summed E-state index contributed by atoms with van der Waals surface area (Å²) in [6.45, 7) is 0. The molecule has 0 saturated carbocycles. The molecule has 4 N–H and O–H groups in total. The quantitative estimate of drug-likeness (QED) is 0.636. The van der Waals surface area contributed by atoms with Crippen LogP contribution in [0.1, 0.15) is 11.7 Å². The lowest BCUT2D eigenvalue weighted by atomic mass is 10.1. The van der Waals surface area contributed by atoms with Gasteiger partial charge in [0.15, 0.2) is 0 Å². The zero-order valence-corrected chi connectivity index (χ0v) is 8.77. The van der Waals surface area contributed by atoms with Crippen molar-refractivity contribution < 1.29 is 0 Å². The number of rotatable bonds is 1. The highest BCUT2D eigenvalue weighted by molar-refractivity contribution is 5.74. The number of hydrogen-bond donors (Lipinski definition) is 3. The first-order chi connectivity index (χ1) is 7.83. The van der Waals surface area contributed by atoms with Crippen molar-refractivity contribution in [2.75, 3.05) is 16.4 Å². The van der Waals surface area contributed by atoms with Crippen LogP contribution in [0.25, 0.3) is 0 Å². The summed E-state index contributed by atoms with van der Waals surface area (Å²) in [5.41, 5.74) is 9.93. The van der Waals surface area contributed by atoms with Gasteiger partial charge >= 0.3 is 0 Å². The van der Waals surface area contributed by atoms with E-state index < -0.39 is 0 Å². The van der Waals surface area contributed by atoms with E-state index in [9.17, 15) is 0 Å². The Labute approximate surface area is 94.3 Å². The second-order valence-corrected chi connectivity index (χ2v) is 3.93. The van der Waals surface area contributed by atoms with Gasteiger partial charge in [0.05, 0.1) is 11.4 Å². The van der Waals surface area contributed by atoms with Gasteiger partial charge in [-0.15, -0.1) is 0 Å². The number of hydrogen-bond acceptors (Lipinski definition) is 3. The first kappa shape index (κ1) is 9.09. The Balaban J connectivity index is 1.88. The van der Waals surface area contributed by atoms with Gasteiger partial charge < -0.3 is 16.4 Å². The molecule has 0 saturated heterocycles. The first-order valence-corrected chi connectivity index (χ1v) is 5.30. The third-order valence-electron chi connectivity index (χ3n) is 2.80. The van der Waals surface area contributed by atoms with Gasteiger partial charge in [0, 0.05) is 5.69 Å². The van der Waals surface area contributed by atoms with E-state index >= 15 is 0 Å². The standard InChI is InChI=1S/C13H13N3/c14-10-7-5-9(6-8-10)13-15-11-3-1-2-4-12(11)16-13/h1-8,13,15-16H,14H2. The molecule has 2 aromatic rings. The van der Waals surface area contributed by atoms with Crippen LogP contribution < -0.4 is 16.4 Å². The van der Waals surface area contributed by atoms with E-state index in [1.54, 1.807) is 0 Å². The van der Waals surface area contributed by atoms with Crippen LogP contribution in [-0.2, 0) is 0 Å². The molecule has 16 heavy (non-hydrogen) atoms. The van der Waals surface area contributed by atoms with Crippen molar-refractivity contribution in [2.24, 2.45) is 0 Å². The fourth-order valence-corrected chi connectivity index (χ4v) is 1.94. The molecule has 0 spiro atoms. The maximum absolute atomic E-state index is 5.67. The van der Waals surface area contributed by atoms with E-state index in [0.717, 1.165) is 17.1 Å². The highest BCUT2D eigenvalue weighted by Gasteiger charge is 2.19. The summed E-state index contributed by atoms with van der Waals surface area (Å²) in [6.07, 6.45) is 0.137. The summed E-state index contributed by atoms with van der Waals surface area (Å²) in [4.78, 5) is 0. The molecule has 0 amide bonds. The highest BCUT2D eigenvalue weighted by Crippen LogP contribution is 2.34. The van der Waals surface area contributed by atoms with Crippen LogP contribution in [0, 0.1) is 0 Å². The minimum Gasteiger partial charge on any atom is -0.399 e. The van der Waals surface area contributed by atoms with Gasteiger partial charge in [0.2, 0.25) is 0 Å². The fourth-order valence-electron chi connectivity index (χ4n) is 1.94. The van der Waals surface area contributed by atoms with Crippen molar-refractivity contribution in [1.29, 1.82) is 0 Å². The lowest BCUT2D eigenvalue weighted by molar-refractivity contribution is 0.942. The molecular formula is C13H13N3. The third kappa shape index (κ3) is 1.46. The van der Waals surface area contributed by atoms with Crippen LogP contribution in [0.2, 0.25) is 0 Å². The maximum Gasteiger partial charge on any atom is 0.123 e. The largest absolute Gasteiger partial charge is 0.399 e. The minimum absolute atomic E-state index is 0.137. The number of nitrogens with one attached hydrogen (secondary N) is 2. The van der Waals surface area contributed by atoms with Gasteiger partial charge in [-0.3, -0.25) is 0 Å². The minimum atomic E-state index is 0.137. The molecule has 0 aliphatic carbocycles. The Kier molecular flexibility index (Phi) is 1.96. The van der Waals surface area contributed by atoms with Gasteiger partial charge in [-0.05, 0) is 29.8 Å². The molecule has 0 fully saturated rings. The maximum atomic E-state index is 5.67. The molecule has 1 heterocycles. The molecule has 3 nitrogen and oxygen atoms in total. The van der Waals surface area contributed by atoms with Crippen molar-refractivity contribution in [3.8, 4) is 0 Å². The number of benzene rings is 2. The summed E-state index contributed by atoms with van der Waals surface area (Å²) in [5.74, 6) is 0. The lowest BCUT2D eigenvalue weighted by Crippen LogP contribution is -2.11. The second kappa shape index (κ2) is 3.45. The number of anilines is 3. The molecule has 3 heteroatoms. The molecule has 0 aromatic heterocycles. The van der Waals surface area contributed by atoms with Gasteiger partial charge in [-0.25, -0.2) is 0 Å². The smallest absolute Gasteiger partial charge is 0.123 e. The monoisotopic (exact) mass is 211 g/mol. The summed E-state index contributed by atoms with van der Waals surface area (Å²) in [7, 11) is 0. The Morgan fingerprint density at radius 1 is 0.812 bits per heavy atom. The molecular weight excluding hydrogens is 198 g/mol. The molecule has 0 unspecified atom stereocenters. The Morgan fingerprint density at radius 3 is 1.94 bits per heavy atom. The number of nitrogen functional groups attached to an aromatic ring is 1. The highest BCUT2D eigenvalue weighted by atomic mass is 15.2. The van der Waals surface area contributed by atoms with Crippen LogP contribution in [0.3, 0.4) is 0 Å². The first-order valence-electron chi connectivity index (χ1n) is 5.30. The van der Waals surface area contributed by atoms with Gasteiger partial charge in [0.25, 0.3) is 0 Å². The van der Waals surface area contributed by atoms with E-state index in [4.69, 9.17) is 5.73 Å². The van der Waals surface area contributed by atoms with Gasteiger partial charge in [-0.1, -0.05) is 24.3 Å². The van der Waals surface area contributed by atoms with Crippen LogP contribution in [-0.4, -0.2) is 0 Å². The Bertz CT molecular complexity index is 480. The van der Waals surface area contributed by atoms with E-state index in [-0.39, 0.29) is 6.17 Å². The summed E-state index contributed by atoms with van der Waals surface area (Å²) >= 11 is 0. The Hall–Kier alpha value is -2.16. The van der Waals surface area contributed by atoms with Crippen molar-refractivity contribution >= 4 is 17.1 Å². The van der Waals surface area contributed by atoms with Crippen molar-refractivity contribution in [3.05, 3.63) is 54.1 Å². The lowest BCUT2D eigenvalue weighted by Gasteiger charge is -2.12. The van der Waals surface area contributed by atoms with Gasteiger partial charge in [0.1, 0.15) is 6.17 Å². The molecule has 1 aliphatic heterocycles. The van der Waals surface area contributed by atoms with Crippen molar-refractivity contribution in [1.82, 2.24) is 0 Å². The average Bonchev–Trinajstić information content (AvgIpc) is 2.73. The molecule has 0 bridgehead atoms. The third-order valence-corrected chi connectivity index (χ3v) is 2.80. The second-order valence-electron chi connectivity index (χ2n) is 3.93. The fraction of sp³-hybridized carbons (Fsp3) is 0.0769. The van der Waals surface area contributed by atoms with E-state index in [1.807, 2.05) is 36.4 Å². The van der Waals surface area contributed by atoms with Crippen LogP contribution in [0.4, 0.5) is 17.1 Å². The van der Waals surface area contributed by atoms with Crippen LogP contribution in [0.15, 0.2) is 48.5 Å². The predicted octanol–water partition coefficient (Wildman–Crippen LogP) is 2.81. The predicted molar refractivity (Wildman–Crippen MR) is 67.3 cm³/mol. The molecule has 3 rings (SSSR count). The number of nitrogens with two attached hydrogens (primary N) is 1. The Morgan fingerprint density at radius 2 is 1.38 bits per heavy atom. The summed E-state index contributed by atoms with van der Waals surface area (Å²) in [6, 6.07) is 16.1. The normalized spacial score (nSPS) is 14.0. The zero-order chi connectivity index (χ0) is 11.0. The van der Waals surface area contributed by atoms with E-state index in [2.05, 4.69) is 22.8 Å². The molecule has 0 atom stereocenters. The summed E-state index contributed by atoms with van der Waals surface area (Å²) < 4.78 is 0. The molecule has 80 valence electrons. The molecule has 1 aliphatic rings. The number of para-hydroxylation sites is 2. The summed E-state index contributed by atoms with van der Waals surface area (Å²) in [5, 5.41) is 6.84. The molecule has 0 radical (unpaired) electrons. The van der Waals surface area contributed by atoms with Crippen molar-refractivity contribution in [3.63, 3.8) is 0 Å². The number of fused-ring (bicyclic) bond motifs is 1. The average molecular weight is 211 g/mol. The van der Waals surface area contributed by atoms with E-state index in [1.165, 1.54) is 5.56 Å². The van der Waals surface area contributed by atoms with Crippen LogP contribution in [0.5, 0.6) is 0 Å².